The Balaban J connectivity index is 2.63. The summed E-state index contributed by atoms with van der Waals surface area (Å²) in [6, 6.07) is 3.82. The first-order valence-electron chi connectivity index (χ1n) is 5.17. The molecule has 0 bridgehead atoms. The van der Waals surface area contributed by atoms with Gasteiger partial charge in [0.25, 0.3) is 0 Å². The third-order valence-corrected chi connectivity index (χ3v) is 2.03. The SMILES string of the molecule is C#CCC(N)C(=O)Nc1ccc(OC(F)(F)F)cc1. The van der Waals surface area contributed by atoms with Crippen molar-refractivity contribution in [3.63, 3.8) is 0 Å². The van der Waals surface area contributed by atoms with Crippen LogP contribution in [0.3, 0.4) is 0 Å². The van der Waals surface area contributed by atoms with Crippen LogP contribution in [0.15, 0.2) is 24.3 Å². The number of amides is 1. The van der Waals surface area contributed by atoms with E-state index < -0.39 is 18.3 Å². The number of benzene rings is 1. The molecular weight excluding hydrogens is 261 g/mol. The summed E-state index contributed by atoms with van der Waals surface area (Å²) in [7, 11) is 0. The summed E-state index contributed by atoms with van der Waals surface area (Å²) in [5.41, 5.74) is 5.76. The number of carbonyl (C=O) groups excluding carboxylic acids is 1. The third kappa shape index (κ3) is 5.31. The second-order valence-electron chi connectivity index (χ2n) is 3.58. The van der Waals surface area contributed by atoms with Gasteiger partial charge in [0.2, 0.25) is 5.91 Å². The molecular formula is C12H11F3N2O2. The molecule has 0 saturated heterocycles. The predicted octanol–water partition coefficient (Wildman–Crippen LogP) is 1.87. The van der Waals surface area contributed by atoms with Crippen molar-refractivity contribution in [2.24, 2.45) is 5.73 Å². The van der Waals surface area contributed by atoms with Crippen molar-refractivity contribution in [2.75, 3.05) is 5.32 Å². The molecule has 1 aromatic rings. The van der Waals surface area contributed by atoms with Gasteiger partial charge in [0.1, 0.15) is 5.75 Å². The first-order valence-corrected chi connectivity index (χ1v) is 5.17. The van der Waals surface area contributed by atoms with Crippen molar-refractivity contribution in [1.82, 2.24) is 0 Å². The Bertz CT molecular complexity index is 477. The summed E-state index contributed by atoms with van der Waals surface area (Å²) >= 11 is 0. The van der Waals surface area contributed by atoms with Gasteiger partial charge >= 0.3 is 6.36 Å². The zero-order chi connectivity index (χ0) is 14.5. The lowest BCUT2D eigenvalue weighted by Crippen LogP contribution is -2.35. The van der Waals surface area contributed by atoms with Gasteiger partial charge < -0.3 is 15.8 Å². The van der Waals surface area contributed by atoms with Gasteiger partial charge in [-0.15, -0.1) is 25.5 Å². The van der Waals surface area contributed by atoms with Gasteiger partial charge in [0.15, 0.2) is 0 Å². The zero-order valence-corrected chi connectivity index (χ0v) is 9.70. The van der Waals surface area contributed by atoms with Crippen molar-refractivity contribution >= 4 is 11.6 Å². The maximum atomic E-state index is 11.9. The van der Waals surface area contributed by atoms with Crippen molar-refractivity contribution in [3.05, 3.63) is 24.3 Å². The van der Waals surface area contributed by atoms with E-state index in [9.17, 15) is 18.0 Å². The van der Waals surface area contributed by atoms with E-state index in [1.165, 1.54) is 12.1 Å². The molecule has 1 unspecified atom stereocenters. The Kier molecular flexibility index (Phi) is 4.78. The molecule has 7 heteroatoms. The van der Waals surface area contributed by atoms with Gasteiger partial charge in [-0.25, -0.2) is 0 Å². The summed E-state index contributed by atoms with van der Waals surface area (Å²) in [6.45, 7) is 0. The normalized spacial score (nSPS) is 12.4. The lowest BCUT2D eigenvalue weighted by molar-refractivity contribution is -0.274. The lowest BCUT2D eigenvalue weighted by atomic mass is 10.2. The Hall–Kier alpha value is -2.20. The molecule has 3 N–H and O–H groups in total. The fraction of sp³-hybridized carbons (Fsp3) is 0.250. The van der Waals surface area contributed by atoms with Crippen molar-refractivity contribution < 1.29 is 22.7 Å². The van der Waals surface area contributed by atoms with E-state index in [-0.39, 0.29) is 12.2 Å². The van der Waals surface area contributed by atoms with Crippen LogP contribution in [0, 0.1) is 12.3 Å². The van der Waals surface area contributed by atoms with Gasteiger partial charge in [-0.2, -0.15) is 0 Å². The second kappa shape index (κ2) is 6.11. The molecule has 19 heavy (non-hydrogen) atoms. The number of halogens is 3. The Morgan fingerprint density at radius 3 is 2.47 bits per heavy atom. The van der Waals surface area contributed by atoms with Gasteiger partial charge in [-0.1, -0.05) is 0 Å². The minimum Gasteiger partial charge on any atom is -0.406 e. The lowest BCUT2D eigenvalue weighted by Gasteiger charge is -2.11. The van der Waals surface area contributed by atoms with E-state index in [0.717, 1.165) is 12.1 Å². The van der Waals surface area contributed by atoms with Crippen LogP contribution in [0.25, 0.3) is 0 Å². The number of nitrogens with two attached hydrogens (primary N) is 1. The van der Waals surface area contributed by atoms with E-state index in [1.54, 1.807) is 0 Å². The second-order valence-corrected chi connectivity index (χ2v) is 3.58. The molecule has 1 amide bonds. The highest BCUT2D eigenvalue weighted by molar-refractivity contribution is 5.94. The third-order valence-electron chi connectivity index (χ3n) is 2.03. The smallest absolute Gasteiger partial charge is 0.406 e. The average molecular weight is 272 g/mol. The minimum absolute atomic E-state index is 0.0705. The molecule has 0 aliphatic carbocycles. The molecule has 4 nitrogen and oxygen atoms in total. The molecule has 1 atom stereocenters. The van der Waals surface area contributed by atoms with Gasteiger partial charge in [-0.3, -0.25) is 4.79 Å². The fourth-order valence-electron chi connectivity index (χ4n) is 1.19. The topological polar surface area (TPSA) is 64.4 Å². The van der Waals surface area contributed by atoms with Crippen molar-refractivity contribution in [1.29, 1.82) is 0 Å². The molecule has 0 aliphatic heterocycles. The van der Waals surface area contributed by atoms with E-state index in [1.807, 2.05) is 0 Å². The number of alkyl halides is 3. The molecule has 0 saturated carbocycles. The summed E-state index contributed by atoms with van der Waals surface area (Å²) < 4.78 is 39.4. The minimum atomic E-state index is -4.75. The number of anilines is 1. The fourth-order valence-corrected chi connectivity index (χ4v) is 1.19. The van der Waals surface area contributed by atoms with Crippen LogP contribution in [0.1, 0.15) is 6.42 Å². The first-order chi connectivity index (χ1) is 8.81. The average Bonchev–Trinajstić information content (AvgIpc) is 2.30. The highest BCUT2D eigenvalue weighted by Crippen LogP contribution is 2.23. The maximum Gasteiger partial charge on any atom is 0.573 e. The van der Waals surface area contributed by atoms with Crippen LogP contribution in [-0.4, -0.2) is 18.3 Å². The van der Waals surface area contributed by atoms with Gasteiger partial charge in [0.05, 0.1) is 6.04 Å². The van der Waals surface area contributed by atoms with Crippen LogP contribution < -0.4 is 15.8 Å². The number of terminal acetylenes is 1. The molecule has 0 aromatic heterocycles. The first kappa shape index (κ1) is 14.9. The summed E-state index contributed by atoms with van der Waals surface area (Å²) in [5.74, 6) is 1.35. The van der Waals surface area contributed by atoms with Crippen LogP contribution >= 0.6 is 0 Å². The largest absolute Gasteiger partial charge is 0.573 e. The molecule has 0 fully saturated rings. The number of carbonyl (C=O) groups is 1. The molecule has 1 aromatic carbocycles. The Labute approximate surface area is 107 Å². The van der Waals surface area contributed by atoms with Crippen LogP contribution in [0.2, 0.25) is 0 Å². The highest BCUT2D eigenvalue weighted by atomic mass is 19.4. The zero-order valence-electron chi connectivity index (χ0n) is 9.70. The molecule has 102 valence electrons. The Morgan fingerprint density at radius 2 is 2.00 bits per heavy atom. The van der Waals surface area contributed by atoms with Crippen LogP contribution in [-0.2, 0) is 4.79 Å². The predicted molar refractivity (Wildman–Crippen MR) is 63.2 cm³/mol. The quantitative estimate of drug-likeness (QED) is 0.822. The van der Waals surface area contributed by atoms with Gasteiger partial charge in [0, 0.05) is 12.1 Å². The molecule has 0 spiro atoms. The van der Waals surface area contributed by atoms with E-state index in [0.29, 0.717) is 5.69 Å². The molecule has 0 aliphatic rings. The van der Waals surface area contributed by atoms with Crippen molar-refractivity contribution in [2.45, 2.75) is 18.8 Å². The molecule has 0 heterocycles. The summed E-state index contributed by atoms with van der Waals surface area (Å²) in [4.78, 5) is 11.5. The Morgan fingerprint density at radius 1 is 1.42 bits per heavy atom. The molecule has 0 radical (unpaired) electrons. The number of hydrogen-bond acceptors (Lipinski definition) is 3. The van der Waals surface area contributed by atoms with Crippen LogP contribution in [0.5, 0.6) is 5.75 Å². The highest BCUT2D eigenvalue weighted by Gasteiger charge is 2.30. The monoisotopic (exact) mass is 272 g/mol. The number of hydrogen-bond donors (Lipinski definition) is 2. The number of nitrogens with one attached hydrogen (secondary N) is 1. The maximum absolute atomic E-state index is 11.9. The van der Waals surface area contributed by atoms with E-state index in [2.05, 4.69) is 16.0 Å². The van der Waals surface area contributed by atoms with E-state index in [4.69, 9.17) is 12.2 Å². The van der Waals surface area contributed by atoms with Crippen LogP contribution in [0.4, 0.5) is 18.9 Å². The molecule has 1 rings (SSSR count). The van der Waals surface area contributed by atoms with E-state index >= 15 is 0 Å². The summed E-state index contributed by atoms with van der Waals surface area (Å²) in [5, 5.41) is 2.42. The number of ether oxygens (including phenoxy) is 1. The van der Waals surface area contributed by atoms with Crippen molar-refractivity contribution in [3.8, 4) is 18.1 Å². The number of rotatable bonds is 4. The standard InChI is InChI=1S/C12H11F3N2O2/c1-2-3-10(16)11(18)17-8-4-6-9(7-5-8)19-12(13,14)15/h1,4-7,10H,3,16H2,(H,17,18). The van der Waals surface area contributed by atoms with Gasteiger partial charge in [-0.05, 0) is 24.3 Å². The summed E-state index contributed by atoms with van der Waals surface area (Å²) in [6.07, 6.45) is 0.327.